The Labute approximate surface area is 122 Å². The number of halogens is 1. The minimum atomic E-state index is -0.619. The fraction of sp³-hybridized carbons (Fsp3) is 0.200. The van der Waals surface area contributed by atoms with Crippen LogP contribution in [0.3, 0.4) is 0 Å². The molecular formula is C15H16ClNOS. The van der Waals surface area contributed by atoms with E-state index in [1.165, 1.54) is 4.90 Å². The van der Waals surface area contributed by atoms with E-state index in [0.29, 0.717) is 11.6 Å². The second-order valence-corrected chi connectivity index (χ2v) is 5.44. The van der Waals surface area contributed by atoms with E-state index in [-0.39, 0.29) is 0 Å². The number of aliphatic hydroxyl groups is 1. The Hall–Kier alpha value is -1.16. The SMILES string of the molecule is CSc1cccc(NCC(O)c2ccccc2Cl)c1. The topological polar surface area (TPSA) is 32.3 Å². The molecule has 0 radical (unpaired) electrons. The standard InChI is InChI=1S/C15H16ClNOS/c1-19-12-6-4-5-11(9-12)17-10-15(18)13-7-2-3-8-14(13)16/h2-9,15,17-18H,10H2,1H3. The monoisotopic (exact) mass is 293 g/mol. The fourth-order valence-electron chi connectivity index (χ4n) is 1.80. The first-order valence-electron chi connectivity index (χ1n) is 6.01. The quantitative estimate of drug-likeness (QED) is 0.810. The van der Waals surface area contributed by atoms with E-state index in [4.69, 9.17) is 11.6 Å². The van der Waals surface area contributed by atoms with Crippen molar-refractivity contribution >= 4 is 29.1 Å². The largest absolute Gasteiger partial charge is 0.387 e. The van der Waals surface area contributed by atoms with Crippen LogP contribution >= 0.6 is 23.4 Å². The van der Waals surface area contributed by atoms with Gasteiger partial charge in [-0.2, -0.15) is 0 Å². The summed E-state index contributed by atoms with van der Waals surface area (Å²) in [6.07, 6.45) is 1.42. The van der Waals surface area contributed by atoms with E-state index in [1.54, 1.807) is 17.8 Å². The zero-order valence-electron chi connectivity index (χ0n) is 10.6. The van der Waals surface area contributed by atoms with Crippen molar-refractivity contribution in [1.82, 2.24) is 0 Å². The van der Waals surface area contributed by atoms with Crippen LogP contribution in [0.25, 0.3) is 0 Å². The van der Waals surface area contributed by atoms with Gasteiger partial charge in [0.05, 0.1) is 6.10 Å². The summed E-state index contributed by atoms with van der Waals surface area (Å²) in [4.78, 5) is 1.19. The lowest BCUT2D eigenvalue weighted by Gasteiger charge is -2.14. The number of anilines is 1. The molecule has 4 heteroatoms. The Kier molecular flexibility index (Phi) is 5.14. The normalized spacial score (nSPS) is 12.2. The molecule has 2 N–H and O–H groups in total. The van der Waals surface area contributed by atoms with Crippen LogP contribution in [0.1, 0.15) is 11.7 Å². The van der Waals surface area contributed by atoms with Gasteiger partial charge in [0.15, 0.2) is 0 Å². The number of thioether (sulfide) groups is 1. The zero-order valence-corrected chi connectivity index (χ0v) is 12.2. The van der Waals surface area contributed by atoms with Crippen molar-refractivity contribution in [3.63, 3.8) is 0 Å². The second-order valence-electron chi connectivity index (χ2n) is 4.15. The maximum atomic E-state index is 10.1. The highest BCUT2D eigenvalue weighted by molar-refractivity contribution is 7.98. The zero-order chi connectivity index (χ0) is 13.7. The lowest BCUT2D eigenvalue weighted by Crippen LogP contribution is -2.12. The molecule has 0 heterocycles. The second kappa shape index (κ2) is 6.85. The number of hydrogen-bond acceptors (Lipinski definition) is 3. The highest BCUT2D eigenvalue weighted by Gasteiger charge is 2.10. The van der Waals surface area contributed by atoms with E-state index < -0.39 is 6.10 Å². The summed E-state index contributed by atoms with van der Waals surface area (Å²) in [5.74, 6) is 0. The number of aliphatic hydroxyl groups excluding tert-OH is 1. The summed E-state index contributed by atoms with van der Waals surface area (Å²) in [5, 5.41) is 14.0. The Bertz CT molecular complexity index is 547. The Morgan fingerprint density at radius 2 is 2.00 bits per heavy atom. The molecule has 1 atom stereocenters. The number of nitrogens with one attached hydrogen (secondary N) is 1. The molecule has 2 nitrogen and oxygen atoms in total. The first-order valence-corrected chi connectivity index (χ1v) is 7.61. The van der Waals surface area contributed by atoms with Crippen molar-refractivity contribution in [3.05, 3.63) is 59.1 Å². The molecule has 2 aromatic rings. The van der Waals surface area contributed by atoms with Crippen LogP contribution in [0.2, 0.25) is 5.02 Å². The Morgan fingerprint density at radius 3 is 2.74 bits per heavy atom. The molecule has 0 aromatic heterocycles. The molecule has 0 aliphatic carbocycles. The van der Waals surface area contributed by atoms with Gasteiger partial charge < -0.3 is 10.4 Å². The lowest BCUT2D eigenvalue weighted by atomic mass is 10.1. The van der Waals surface area contributed by atoms with Crippen molar-refractivity contribution in [2.45, 2.75) is 11.0 Å². The van der Waals surface area contributed by atoms with Gasteiger partial charge in [-0.05, 0) is 30.5 Å². The van der Waals surface area contributed by atoms with Crippen molar-refractivity contribution in [3.8, 4) is 0 Å². The van der Waals surface area contributed by atoms with Gasteiger partial charge in [0, 0.05) is 27.7 Å². The first kappa shape index (κ1) is 14.3. The Balaban J connectivity index is 2.00. The predicted octanol–water partition coefficient (Wildman–Crippen LogP) is 4.21. The Morgan fingerprint density at radius 1 is 1.21 bits per heavy atom. The van der Waals surface area contributed by atoms with Crippen LogP contribution < -0.4 is 5.32 Å². The van der Waals surface area contributed by atoms with Crippen LogP contribution in [0.4, 0.5) is 5.69 Å². The summed E-state index contributed by atoms with van der Waals surface area (Å²) in [5.41, 5.74) is 1.75. The number of hydrogen-bond donors (Lipinski definition) is 2. The molecule has 19 heavy (non-hydrogen) atoms. The molecule has 0 amide bonds. The summed E-state index contributed by atoms with van der Waals surface area (Å²) in [7, 11) is 0. The predicted molar refractivity (Wildman–Crippen MR) is 83.1 cm³/mol. The highest BCUT2D eigenvalue weighted by Crippen LogP contribution is 2.24. The third-order valence-corrected chi connectivity index (χ3v) is 3.90. The van der Waals surface area contributed by atoms with Crippen molar-refractivity contribution < 1.29 is 5.11 Å². The van der Waals surface area contributed by atoms with Gasteiger partial charge in [0.1, 0.15) is 0 Å². The number of rotatable bonds is 5. The highest BCUT2D eigenvalue weighted by atomic mass is 35.5. The van der Waals surface area contributed by atoms with Gasteiger partial charge in [-0.15, -0.1) is 11.8 Å². The molecule has 0 spiro atoms. The molecule has 2 aromatic carbocycles. The molecule has 1 unspecified atom stereocenters. The van der Waals surface area contributed by atoms with E-state index in [0.717, 1.165) is 11.3 Å². The maximum Gasteiger partial charge on any atom is 0.0976 e. The molecular weight excluding hydrogens is 278 g/mol. The van der Waals surface area contributed by atoms with E-state index in [2.05, 4.69) is 17.4 Å². The minimum absolute atomic E-state index is 0.432. The fourth-order valence-corrected chi connectivity index (χ4v) is 2.52. The third kappa shape index (κ3) is 3.90. The van der Waals surface area contributed by atoms with Crippen molar-refractivity contribution in [2.75, 3.05) is 18.1 Å². The molecule has 0 saturated heterocycles. The van der Waals surface area contributed by atoms with Gasteiger partial charge >= 0.3 is 0 Å². The van der Waals surface area contributed by atoms with Gasteiger partial charge in [0.25, 0.3) is 0 Å². The van der Waals surface area contributed by atoms with Crippen LogP contribution in [0.5, 0.6) is 0 Å². The van der Waals surface area contributed by atoms with Crippen LogP contribution in [0, 0.1) is 0 Å². The third-order valence-electron chi connectivity index (χ3n) is 2.83. The van der Waals surface area contributed by atoms with E-state index in [9.17, 15) is 5.11 Å². The molecule has 100 valence electrons. The summed E-state index contributed by atoms with van der Waals surface area (Å²) >= 11 is 7.75. The van der Waals surface area contributed by atoms with Crippen molar-refractivity contribution in [2.24, 2.45) is 0 Å². The summed E-state index contributed by atoms with van der Waals surface area (Å²) in [6.45, 7) is 0.432. The van der Waals surface area contributed by atoms with Gasteiger partial charge in [-0.1, -0.05) is 35.9 Å². The molecule has 2 rings (SSSR count). The van der Waals surface area contributed by atoms with E-state index in [1.807, 2.05) is 36.6 Å². The minimum Gasteiger partial charge on any atom is -0.387 e. The maximum absolute atomic E-state index is 10.1. The van der Waals surface area contributed by atoms with Crippen LogP contribution in [-0.4, -0.2) is 17.9 Å². The average Bonchev–Trinajstić information content (AvgIpc) is 2.45. The van der Waals surface area contributed by atoms with E-state index >= 15 is 0 Å². The van der Waals surface area contributed by atoms with Gasteiger partial charge in [-0.25, -0.2) is 0 Å². The van der Waals surface area contributed by atoms with Gasteiger partial charge in [-0.3, -0.25) is 0 Å². The average molecular weight is 294 g/mol. The molecule has 0 aliphatic heterocycles. The molecule has 0 saturated carbocycles. The van der Waals surface area contributed by atoms with Crippen molar-refractivity contribution in [1.29, 1.82) is 0 Å². The lowest BCUT2D eigenvalue weighted by molar-refractivity contribution is 0.192. The molecule has 0 fully saturated rings. The smallest absolute Gasteiger partial charge is 0.0976 e. The first-order chi connectivity index (χ1) is 9.20. The molecule has 0 aliphatic rings. The van der Waals surface area contributed by atoms with Crippen LogP contribution in [-0.2, 0) is 0 Å². The summed E-state index contributed by atoms with van der Waals surface area (Å²) < 4.78 is 0. The molecule has 0 bridgehead atoms. The van der Waals surface area contributed by atoms with Gasteiger partial charge in [0.2, 0.25) is 0 Å². The number of benzene rings is 2. The van der Waals surface area contributed by atoms with Crippen LogP contribution in [0.15, 0.2) is 53.4 Å². The summed E-state index contributed by atoms with van der Waals surface area (Å²) in [6, 6.07) is 15.5.